The number of rotatable bonds is 7. The number of likely N-dealkylation sites (N-methyl/N-ethyl adjacent to an activating group) is 1. The molecule has 1 aromatic heterocycles. The average Bonchev–Trinajstić information content (AvgIpc) is 2.57. The predicted octanol–water partition coefficient (Wildman–Crippen LogP) is 1.39. The summed E-state index contributed by atoms with van der Waals surface area (Å²) in [5, 5.41) is 5.83. The number of allylic oxidation sites excluding steroid dienone is 1. The van der Waals surface area contributed by atoms with E-state index in [0.717, 1.165) is 5.56 Å². The number of nitrogens with one attached hydrogen (secondary N) is 2. The third-order valence-corrected chi connectivity index (χ3v) is 3.12. The van der Waals surface area contributed by atoms with E-state index in [0.29, 0.717) is 24.2 Å². The molecule has 0 aliphatic heterocycles. The van der Waals surface area contributed by atoms with Crippen LogP contribution in [0.25, 0.3) is 0 Å². The molecule has 23 heavy (non-hydrogen) atoms. The predicted molar refractivity (Wildman–Crippen MR) is 95.4 cm³/mol. The zero-order valence-electron chi connectivity index (χ0n) is 14.1. The highest BCUT2D eigenvalue weighted by Gasteiger charge is 2.21. The van der Waals surface area contributed by atoms with Gasteiger partial charge >= 0.3 is 0 Å². The van der Waals surface area contributed by atoms with Crippen LogP contribution in [0.1, 0.15) is 19.4 Å². The molecule has 0 saturated carbocycles. The summed E-state index contributed by atoms with van der Waals surface area (Å²) in [6.45, 7) is 8.01. The molecule has 1 rings (SSSR count). The fraction of sp³-hybridized carbons (Fsp3) is 0.333. The molecular weight excluding hydrogens is 288 g/mol. The third-order valence-electron chi connectivity index (χ3n) is 3.12. The molecule has 0 saturated heterocycles. The first kappa shape index (κ1) is 20.4. The van der Waals surface area contributed by atoms with Crippen LogP contribution in [0.4, 0.5) is 0 Å². The van der Waals surface area contributed by atoms with Gasteiger partial charge in [-0.05, 0) is 38.0 Å². The lowest BCUT2D eigenvalue weighted by atomic mass is 10.0. The van der Waals surface area contributed by atoms with Crippen molar-refractivity contribution in [1.82, 2.24) is 15.6 Å². The maximum Gasteiger partial charge on any atom is 0.253 e. The monoisotopic (exact) mass is 314 g/mol. The van der Waals surface area contributed by atoms with E-state index in [1.807, 2.05) is 32.1 Å². The number of nitrogens with two attached hydrogens (primary N) is 1. The highest BCUT2D eigenvalue weighted by Crippen LogP contribution is 2.10. The standard InChI is InChI=1S/C16H24N4O.C2H2/c1-12(18-4)14(15(21)20-16(2,3)11-17)6-5-13-7-9-19-10-8-13;1-2/h6-10,18H,1,5,11,17H2,2-4H3,(H,20,21);1-2H/b14-6+;. The minimum Gasteiger partial charge on any atom is -0.388 e. The maximum absolute atomic E-state index is 12.4. The van der Waals surface area contributed by atoms with Crippen LogP contribution < -0.4 is 16.4 Å². The molecule has 0 fully saturated rings. The van der Waals surface area contributed by atoms with Crippen molar-refractivity contribution in [1.29, 1.82) is 0 Å². The smallest absolute Gasteiger partial charge is 0.253 e. The lowest BCUT2D eigenvalue weighted by Crippen LogP contribution is -2.49. The zero-order chi connectivity index (χ0) is 17.9. The highest BCUT2D eigenvalue weighted by atomic mass is 16.1. The Kier molecular flexibility index (Phi) is 9.05. The molecule has 0 atom stereocenters. The number of pyridine rings is 1. The molecular formula is C18H26N4O. The number of hydrogen-bond acceptors (Lipinski definition) is 4. The summed E-state index contributed by atoms with van der Waals surface area (Å²) in [6.07, 6.45) is 14.0. The van der Waals surface area contributed by atoms with Crippen molar-refractivity contribution in [3.05, 3.63) is 54.0 Å². The van der Waals surface area contributed by atoms with E-state index in [9.17, 15) is 4.79 Å². The summed E-state index contributed by atoms with van der Waals surface area (Å²) in [5.41, 5.74) is 7.37. The molecule has 1 aromatic rings. The van der Waals surface area contributed by atoms with Crippen LogP contribution in [-0.4, -0.2) is 30.0 Å². The summed E-state index contributed by atoms with van der Waals surface area (Å²) in [4.78, 5) is 16.4. The summed E-state index contributed by atoms with van der Waals surface area (Å²) >= 11 is 0. The minimum absolute atomic E-state index is 0.182. The Morgan fingerprint density at radius 2 is 1.96 bits per heavy atom. The van der Waals surface area contributed by atoms with Crippen molar-refractivity contribution in [2.45, 2.75) is 25.8 Å². The first-order valence-corrected chi connectivity index (χ1v) is 7.21. The van der Waals surface area contributed by atoms with Crippen molar-refractivity contribution in [2.24, 2.45) is 5.73 Å². The van der Waals surface area contributed by atoms with Crippen LogP contribution >= 0.6 is 0 Å². The van der Waals surface area contributed by atoms with Crippen molar-refractivity contribution in [2.75, 3.05) is 13.6 Å². The summed E-state index contributed by atoms with van der Waals surface area (Å²) in [6, 6.07) is 3.83. The summed E-state index contributed by atoms with van der Waals surface area (Å²) < 4.78 is 0. The molecule has 0 unspecified atom stereocenters. The molecule has 0 bridgehead atoms. The normalized spacial score (nSPS) is 11.0. The van der Waals surface area contributed by atoms with Crippen molar-refractivity contribution >= 4 is 5.91 Å². The first-order chi connectivity index (χ1) is 10.9. The zero-order valence-corrected chi connectivity index (χ0v) is 14.1. The van der Waals surface area contributed by atoms with Gasteiger partial charge < -0.3 is 16.4 Å². The van der Waals surface area contributed by atoms with Crippen molar-refractivity contribution in [3.8, 4) is 12.8 Å². The molecule has 0 radical (unpaired) electrons. The molecule has 0 spiro atoms. The topological polar surface area (TPSA) is 80.0 Å². The highest BCUT2D eigenvalue weighted by molar-refractivity contribution is 5.97. The SMILES string of the molecule is C#C.C=C(NC)/C(=C\Cc1ccncc1)C(=O)NC(C)(C)CN. The van der Waals surface area contributed by atoms with Crippen LogP contribution in [-0.2, 0) is 11.2 Å². The molecule has 0 aromatic carbocycles. The molecule has 5 nitrogen and oxygen atoms in total. The van der Waals surface area contributed by atoms with Crippen molar-refractivity contribution < 1.29 is 4.79 Å². The Labute approximate surface area is 139 Å². The second kappa shape index (κ2) is 10.2. The van der Waals surface area contributed by atoms with Gasteiger partial charge in [0, 0.05) is 37.2 Å². The fourth-order valence-electron chi connectivity index (χ4n) is 1.65. The van der Waals surface area contributed by atoms with E-state index in [4.69, 9.17) is 5.73 Å². The number of amides is 1. The van der Waals surface area contributed by atoms with E-state index in [2.05, 4.69) is 35.0 Å². The molecule has 1 heterocycles. The number of hydrogen-bond donors (Lipinski definition) is 3. The minimum atomic E-state index is -0.457. The van der Waals surface area contributed by atoms with Crippen LogP contribution in [0.5, 0.6) is 0 Å². The summed E-state index contributed by atoms with van der Waals surface area (Å²) in [7, 11) is 1.74. The molecule has 0 aliphatic rings. The number of aromatic nitrogens is 1. The molecule has 4 N–H and O–H groups in total. The average molecular weight is 314 g/mol. The van der Waals surface area contributed by atoms with Crippen molar-refractivity contribution in [3.63, 3.8) is 0 Å². The second-order valence-corrected chi connectivity index (χ2v) is 5.45. The fourth-order valence-corrected chi connectivity index (χ4v) is 1.65. The summed E-state index contributed by atoms with van der Waals surface area (Å²) in [5.74, 6) is -0.182. The lowest BCUT2D eigenvalue weighted by Gasteiger charge is -2.25. The van der Waals surface area contributed by atoms with Gasteiger partial charge in [0.25, 0.3) is 5.91 Å². The van der Waals surface area contributed by atoms with Crippen LogP contribution in [0.2, 0.25) is 0 Å². The van der Waals surface area contributed by atoms with Crippen LogP contribution in [0, 0.1) is 12.8 Å². The van der Waals surface area contributed by atoms with Gasteiger partial charge in [-0.1, -0.05) is 12.7 Å². The first-order valence-electron chi connectivity index (χ1n) is 7.21. The molecule has 0 aliphatic carbocycles. The molecule has 5 heteroatoms. The van der Waals surface area contributed by atoms with E-state index in [1.165, 1.54) is 0 Å². The Bertz CT molecular complexity index is 559. The number of nitrogens with zero attached hydrogens (tertiary/aromatic N) is 1. The number of carbonyl (C=O) groups is 1. The van der Waals surface area contributed by atoms with Gasteiger partial charge in [-0.15, -0.1) is 12.8 Å². The number of terminal acetylenes is 1. The van der Waals surface area contributed by atoms with Gasteiger partial charge in [0.2, 0.25) is 0 Å². The van der Waals surface area contributed by atoms with E-state index in [-0.39, 0.29) is 5.91 Å². The largest absolute Gasteiger partial charge is 0.388 e. The van der Waals surface area contributed by atoms with Crippen LogP contribution in [0.15, 0.2) is 48.5 Å². The Hall–Kier alpha value is -2.58. The molecule has 1 amide bonds. The van der Waals surface area contributed by atoms with Gasteiger partial charge in [0.05, 0.1) is 5.57 Å². The Morgan fingerprint density at radius 1 is 1.39 bits per heavy atom. The van der Waals surface area contributed by atoms with E-state index < -0.39 is 5.54 Å². The Balaban J connectivity index is 0.00000232. The third kappa shape index (κ3) is 7.30. The van der Waals surface area contributed by atoms with Gasteiger partial charge in [-0.3, -0.25) is 9.78 Å². The van der Waals surface area contributed by atoms with Gasteiger partial charge in [0.15, 0.2) is 0 Å². The molecule has 124 valence electrons. The second-order valence-electron chi connectivity index (χ2n) is 5.45. The van der Waals surface area contributed by atoms with Gasteiger partial charge in [-0.25, -0.2) is 0 Å². The number of carbonyl (C=O) groups excluding carboxylic acids is 1. The van der Waals surface area contributed by atoms with E-state index >= 15 is 0 Å². The van der Waals surface area contributed by atoms with Gasteiger partial charge in [0.1, 0.15) is 0 Å². The van der Waals surface area contributed by atoms with Gasteiger partial charge in [-0.2, -0.15) is 0 Å². The lowest BCUT2D eigenvalue weighted by molar-refractivity contribution is -0.118. The quantitative estimate of drug-likeness (QED) is 0.404. The van der Waals surface area contributed by atoms with E-state index in [1.54, 1.807) is 19.4 Å². The Morgan fingerprint density at radius 3 is 2.43 bits per heavy atom. The van der Waals surface area contributed by atoms with Crippen LogP contribution in [0.3, 0.4) is 0 Å². The maximum atomic E-state index is 12.4.